The minimum atomic E-state index is -0.608. The van der Waals surface area contributed by atoms with Crippen LogP contribution in [0.3, 0.4) is 0 Å². The van der Waals surface area contributed by atoms with Gasteiger partial charge in [-0.15, -0.1) is 0 Å². The molecule has 0 N–H and O–H groups in total. The van der Waals surface area contributed by atoms with Crippen molar-refractivity contribution in [2.45, 2.75) is 46.3 Å². The smallest absolute Gasteiger partial charge is 0.410 e. The number of halogens is 2. The number of ether oxygens (including phenoxy) is 1. The number of hydrogen-bond acceptors (Lipinski definition) is 5. The Bertz CT molecular complexity index is 1150. The van der Waals surface area contributed by atoms with E-state index in [1.807, 2.05) is 33.8 Å². The highest BCUT2D eigenvalue weighted by molar-refractivity contribution is 5.89. The van der Waals surface area contributed by atoms with Gasteiger partial charge in [0.2, 0.25) is 0 Å². The van der Waals surface area contributed by atoms with Crippen LogP contribution in [0.25, 0.3) is 16.7 Å². The first kappa shape index (κ1) is 22.0. The van der Waals surface area contributed by atoms with Crippen molar-refractivity contribution in [1.82, 2.24) is 19.4 Å². The van der Waals surface area contributed by atoms with Crippen LogP contribution in [0.5, 0.6) is 0 Å². The summed E-state index contributed by atoms with van der Waals surface area (Å²) in [6, 6.07) is 4.42. The van der Waals surface area contributed by atoms with Crippen LogP contribution in [0.15, 0.2) is 30.7 Å². The van der Waals surface area contributed by atoms with Gasteiger partial charge in [0.15, 0.2) is 0 Å². The minimum Gasteiger partial charge on any atom is -0.444 e. The summed E-state index contributed by atoms with van der Waals surface area (Å²) in [5.74, 6) is -0.496. The maximum absolute atomic E-state index is 14.1. The first-order valence-corrected chi connectivity index (χ1v) is 10.6. The summed E-state index contributed by atoms with van der Waals surface area (Å²) in [5, 5.41) is 0.770. The fourth-order valence-electron chi connectivity index (χ4n) is 3.91. The standard InChI is InChI=1S/C23H27F2N5O2/c1-14-12-28(22(31)32-23(3,4)5)8-9-29(14)20-17-6-7-30(21(17)27-13-26-20)16-10-18(24)15(2)19(25)11-16/h6-7,10-11,13-14H,8-9,12H2,1-5H3. The molecule has 0 saturated carbocycles. The molecule has 170 valence electrons. The van der Waals surface area contributed by atoms with Gasteiger partial charge >= 0.3 is 6.09 Å². The number of carbonyl (C=O) groups is 1. The molecular formula is C23H27F2N5O2. The molecule has 0 radical (unpaired) electrons. The summed E-state index contributed by atoms with van der Waals surface area (Å²) >= 11 is 0. The van der Waals surface area contributed by atoms with E-state index in [4.69, 9.17) is 4.74 Å². The van der Waals surface area contributed by atoms with E-state index in [9.17, 15) is 13.6 Å². The maximum atomic E-state index is 14.1. The molecule has 1 unspecified atom stereocenters. The lowest BCUT2D eigenvalue weighted by molar-refractivity contribution is 0.0218. The number of nitrogens with zero attached hydrogens (tertiary/aromatic N) is 5. The number of carbonyl (C=O) groups excluding carboxylic acids is 1. The topological polar surface area (TPSA) is 63.5 Å². The summed E-state index contributed by atoms with van der Waals surface area (Å²) in [6.45, 7) is 10.5. The van der Waals surface area contributed by atoms with Crippen molar-refractivity contribution in [1.29, 1.82) is 0 Å². The molecule has 0 spiro atoms. The number of benzene rings is 1. The van der Waals surface area contributed by atoms with E-state index in [-0.39, 0.29) is 17.7 Å². The Balaban J connectivity index is 1.62. The highest BCUT2D eigenvalue weighted by atomic mass is 19.1. The van der Waals surface area contributed by atoms with Crippen molar-refractivity contribution >= 4 is 22.9 Å². The summed E-state index contributed by atoms with van der Waals surface area (Å²) in [4.78, 5) is 25.1. The van der Waals surface area contributed by atoms with Gasteiger partial charge in [-0.2, -0.15) is 0 Å². The minimum absolute atomic E-state index is 0.00742. The normalized spacial score (nSPS) is 17.2. The van der Waals surface area contributed by atoms with Gasteiger partial charge in [0, 0.05) is 37.4 Å². The summed E-state index contributed by atoms with van der Waals surface area (Å²) in [7, 11) is 0. The monoisotopic (exact) mass is 443 g/mol. The molecule has 1 saturated heterocycles. The van der Waals surface area contributed by atoms with Crippen LogP contribution in [-0.4, -0.2) is 56.8 Å². The van der Waals surface area contributed by atoms with Crippen molar-refractivity contribution in [2.24, 2.45) is 0 Å². The Labute approximate surface area is 185 Å². The van der Waals surface area contributed by atoms with Gasteiger partial charge in [0.1, 0.15) is 35.0 Å². The van der Waals surface area contributed by atoms with Gasteiger partial charge < -0.3 is 19.1 Å². The number of fused-ring (bicyclic) bond motifs is 1. The third-order valence-corrected chi connectivity index (χ3v) is 5.56. The van der Waals surface area contributed by atoms with Crippen molar-refractivity contribution in [2.75, 3.05) is 24.5 Å². The van der Waals surface area contributed by atoms with Crippen molar-refractivity contribution in [3.05, 3.63) is 47.9 Å². The third-order valence-electron chi connectivity index (χ3n) is 5.56. The first-order chi connectivity index (χ1) is 15.0. The first-order valence-electron chi connectivity index (χ1n) is 10.6. The van der Waals surface area contributed by atoms with Crippen molar-refractivity contribution in [3.8, 4) is 5.69 Å². The van der Waals surface area contributed by atoms with E-state index in [1.54, 1.807) is 15.7 Å². The Morgan fingerprint density at radius 1 is 1.16 bits per heavy atom. The second kappa shape index (κ2) is 8.03. The summed E-state index contributed by atoms with van der Waals surface area (Å²) in [6.07, 6.45) is 2.85. The summed E-state index contributed by atoms with van der Waals surface area (Å²) in [5.41, 5.74) is 0.346. The largest absolute Gasteiger partial charge is 0.444 e. The maximum Gasteiger partial charge on any atom is 0.410 e. The average Bonchev–Trinajstić information content (AvgIpc) is 3.15. The number of hydrogen-bond donors (Lipinski definition) is 0. The molecule has 3 aromatic rings. The molecule has 4 rings (SSSR count). The van der Waals surface area contributed by atoms with Gasteiger partial charge in [0.25, 0.3) is 0 Å². The van der Waals surface area contributed by atoms with Crippen LogP contribution in [0.4, 0.5) is 19.4 Å². The second-order valence-electron chi connectivity index (χ2n) is 9.12. The van der Waals surface area contributed by atoms with Crippen LogP contribution in [0.1, 0.15) is 33.3 Å². The Hall–Kier alpha value is -3.23. The van der Waals surface area contributed by atoms with E-state index >= 15 is 0 Å². The van der Waals surface area contributed by atoms with Gasteiger partial charge in [-0.1, -0.05) is 0 Å². The molecule has 9 heteroatoms. The molecule has 1 atom stereocenters. The molecule has 1 aliphatic heterocycles. The summed E-state index contributed by atoms with van der Waals surface area (Å²) < 4.78 is 35.4. The highest BCUT2D eigenvalue weighted by Crippen LogP contribution is 2.30. The van der Waals surface area contributed by atoms with Crippen molar-refractivity contribution in [3.63, 3.8) is 0 Å². The van der Waals surface area contributed by atoms with Crippen LogP contribution in [-0.2, 0) is 4.74 Å². The van der Waals surface area contributed by atoms with Gasteiger partial charge in [-0.05, 0) is 52.8 Å². The Kier molecular flexibility index (Phi) is 5.52. The predicted molar refractivity (Wildman–Crippen MR) is 118 cm³/mol. The molecule has 1 fully saturated rings. The van der Waals surface area contributed by atoms with E-state index < -0.39 is 17.2 Å². The zero-order valence-corrected chi connectivity index (χ0v) is 18.9. The van der Waals surface area contributed by atoms with Crippen molar-refractivity contribution < 1.29 is 18.3 Å². The van der Waals surface area contributed by atoms with Gasteiger partial charge in [-0.25, -0.2) is 23.5 Å². The van der Waals surface area contributed by atoms with E-state index in [2.05, 4.69) is 14.9 Å². The Morgan fingerprint density at radius 3 is 2.47 bits per heavy atom. The zero-order chi connectivity index (χ0) is 23.2. The number of aromatic nitrogens is 3. The van der Waals surface area contributed by atoms with Gasteiger partial charge in [0.05, 0.1) is 11.1 Å². The molecule has 7 nitrogen and oxygen atoms in total. The molecule has 0 aliphatic carbocycles. The predicted octanol–water partition coefficient (Wildman–Crippen LogP) is 4.45. The van der Waals surface area contributed by atoms with Crippen LogP contribution in [0, 0.1) is 18.6 Å². The number of rotatable bonds is 2. The van der Waals surface area contributed by atoms with Crippen LogP contribution in [0.2, 0.25) is 0 Å². The fraction of sp³-hybridized carbons (Fsp3) is 0.435. The molecule has 32 heavy (non-hydrogen) atoms. The molecule has 1 amide bonds. The van der Waals surface area contributed by atoms with E-state index in [0.717, 1.165) is 11.2 Å². The van der Waals surface area contributed by atoms with Crippen LogP contribution < -0.4 is 4.90 Å². The van der Waals surface area contributed by atoms with E-state index in [0.29, 0.717) is 31.0 Å². The number of piperazine rings is 1. The SMILES string of the molecule is Cc1c(F)cc(-n2ccc3c(N4CCN(C(=O)OC(C)(C)C)CC4C)ncnc32)cc1F. The third kappa shape index (κ3) is 4.11. The number of anilines is 1. The van der Waals surface area contributed by atoms with Crippen LogP contribution >= 0.6 is 0 Å². The lowest BCUT2D eigenvalue weighted by Gasteiger charge is -2.40. The molecule has 3 heterocycles. The lowest BCUT2D eigenvalue weighted by Crippen LogP contribution is -2.54. The van der Waals surface area contributed by atoms with E-state index in [1.165, 1.54) is 25.4 Å². The zero-order valence-electron chi connectivity index (χ0n) is 18.9. The molecule has 1 aromatic carbocycles. The number of amides is 1. The second-order valence-corrected chi connectivity index (χ2v) is 9.12. The molecule has 2 aromatic heterocycles. The molecule has 0 bridgehead atoms. The van der Waals surface area contributed by atoms with Gasteiger partial charge in [-0.3, -0.25) is 0 Å². The highest BCUT2D eigenvalue weighted by Gasteiger charge is 2.31. The lowest BCUT2D eigenvalue weighted by atomic mass is 10.1. The fourth-order valence-corrected chi connectivity index (χ4v) is 3.91. The Morgan fingerprint density at radius 2 is 1.84 bits per heavy atom. The average molecular weight is 443 g/mol. The quantitative estimate of drug-likeness (QED) is 0.586. The molecule has 1 aliphatic rings. The molecular weight excluding hydrogens is 416 g/mol.